The van der Waals surface area contributed by atoms with E-state index < -0.39 is 38.7 Å². The first kappa shape index (κ1) is 24.4. The molecule has 182 valence electrons. The average Bonchev–Trinajstić information content (AvgIpc) is 3.29. The van der Waals surface area contributed by atoms with Crippen molar-refractivity contribution >= 4 is 26.9 Å². The Labute approximate surface area is 203 Å². The summed E-state index contributed by atoms with van der Waals surface area (Å²) in [5.41, 5.74) is 1.29. The third-order valence-electron chi connectivity index (χ3n) is 5.56. The molecule has 2 atom stereocenters. The van der Waals surface area contributed by atoms with Crippen LogP contribution in [0, 0.1) is 5.82 Å². The molecular formula is C26H25FN2O5S. The van der Waals surface area contributed by atoms with Crippen molar-refractivity contribution in [3.63, 3.8) is 0 Å². The summed E-state index contributed by atoms with van der Waals surface area (Å²) in [6.45, 7) is 1.73. The number of methoxy groups -OCH3 is 1. The Kier molecular flexibility index (Phi) is 7.18. The van der Waals surface area contributed by atoms with E-state index >= 15 is 0 Å². The number of amides is 1. The molecule has 1 heterocycles. The van der Waals surface area contributed by atoms with Gasteiger partial charge in [0, 0.05) is 5.39 Å². The number of carbonyl (C=O) groups is 1. The molecule has 3 aromatic carbocycles. The van der Waals surface area contributed by atoms with Crippen molar-refractivity contribution in [3.8, 4) is 5.75 Å². The van der Waals surface area contributed by atoms with Gasteiger partial charge in [-0.15, -0.1) is 0 Å². The Morgan fingerprint density at radius 2 is 1.74 bits per heavy atom. The summed E-state index contributed by atoms with van der Waals surface area (Å²) in [5.74, 6) is -0.433. The molecule has 1 aromatic heterocycles. The van der Waals surface area contributed by atoms with E-state index in [1.807, 2.05) is 18.2 Å². The second kappa shape index (κ2) is 10.3. The van der Waals surface area contributed by atoms with Gasteiger partial charge in [0.05, 0.1) is 13.2 Å². The number of fused-ring (bicyclic) bond motifs is 1. The zero-order valence-corrected chi connectivity index (χ0v) is 20.0. The van der Waals surface area contributed by atoms with Gasteiger partial charge in [0.2, 0.25) is 15.9 Å². The minimum atomic E-state index is -4.31. The Hall–Kier alpha value is -3.69. The molecule has 2 unspecified atom stereocenters. The summed E-state index contributed by atoms with van der Waals surface area (Å²) in [6, 6.07) is 19.5. The van der Waals surface area contributed by atoms with Crippen molar-refractivity contribution in [1.29, 1.82) is 0 Å². The molecule has 0 aliphatic carbocycles. The monoisotopic (exact) mass is 496 g/mol. The molecule has 0 fully saturated rings. The molecule has 0 spiro atoms. The number of hydrogen-bond acceptors (Lipinski definition) is 5. The van der Waals surface area contributed by atoms with Crippen LogP contribution in [0.3, 0.4) is 0 Å². The lowest BCUT2D eigenvalue weighted by molar-refractivity contribution is -0.123. The van der Waals surface area contributed by atoms with Gasteiger partial charge in [-0.1, -0.05) is 54.6 Å². The van der Waals surface area contributed by atoms with Gasteiger partial charge in [0.15, 0.2) is 11.3 Å². The summed E-state index contributed by atoms with van der Waals surface area (Å²) in [5, 5.41) is 3.62. The molecule has 1 amide bonds. The van der Waals surface area contributed by atoms with Crippen LogP contribution in [0.1, 0.15) is 24.3 Å². The molecule has 4 rings (SSSR count). The van der Waals surface area contributed by atoms with Gasteiger partial charge in [0.1, 0.15) is 22.5 Å². The summed E-state index contributed by atoms with van der Waals surface area (Å²) < 4.78 is 53.7. The van der Waals surface area contributed by atoms with Crippen LogP contribution in [-0.2, 0) is 21.2 Å². The highest BCUT2D eigenvalue weighted by atomic mass is 32.2. The number of sulfonamides is 1. The lowest BCUT2D eigenvalue weighted by Crippen LogP contribution is -2.48. The number of furan rings is 1. The first-order valence-electron chi connectivity index (χ1n) is 11.0. The second-order valence-corrected chi connectivity index (χ2v) is 9.73. The highest BCUT2D eigenvalue weighted by Crippen LogP contribution is 2.31. The highest BCUT2D eigenvalue weighted by molar-refractivity contribution is 7.89. The Morgan fingerprint density at radius 1 is 1.03 bits per heavy atom. The van der Waals surface area contributed by atoms with E-state index in [4.69, 9.17) is 9.15 Å². The van der Waals surface area contributed by atoms with Crippen LogP contribution in [-0.4, -0.2) is 27.5 Å². The van der Waals surface area contributed by atoms with Crippen molar-refractivity contribution in [3.05, 3.63) is 96.0 Å². The number of carbonyl (C=O) groups excluding carboxylic acids is 1. The van der Waals surface area contributed by atoms with Crippen molar-refractivity contribution in [1.82, 2.24) is 10.0 Å². The number of para-hydroxylation sites is 1. The van der Waals surface area contributed by atoms with Gasteiger partial charge in [-0.25, -0.2) is 12.8 Å². The van der Waals surface area contributed by atoms with Crippen LogP contribution in [0.2, 0.25) is 0 Å². The topological polar surface area (TPSA) is 97.6 Å². The number of hydrogen-bond donors (Lipinski definition) is 2. The Balaban J connectivity index is 1.59. The number of ether oxygens (including phenoxy) is 1. The maximum absolute atomic E-state index is 14.2. The fourth-order valence-corrected chi connectivity index (χ4v) is 5.04. The summed E-state index contributed by atoms with van der Waals surface area (Å²) in [7, 11) is -2.77. The standard InChI is InChI=1S/C26H25FN2O5S/c1-17(23-16-19-11-8-13-22(33-2)25(19)34-23)28-26(30)21(15-18-9-4-3-5-10-18)29-35(31,32)24-14-7-6-12-20(24)27/h3-14,16-17,21,29H,15H2,1-2H3,(H,28,30). The minimum absolute atomic E-state index is 0.0705. The molecule has 0 saturated carbocycles. The molecule has 2 N–H and O–H groups in total. The minimum Gasteiger partial charge on any atom is -0.493 e. The number of benzene rings is 3. The van der Waals surface area contributed by atoms with Crippen LogP contribution in [0.25, 0.3) is 11.0 Å². The van der Waals surface area contributed by atoms with Crippen LogP contribution in [0.4, 0.5) is 4.39 Å². The van der Waals surface area contributed by atoms with Gasteiger partial charge in [-0.3, -0.25) is 4.79 Å². The molecule has 7 nitrogen and oxygen atoms in total. The van der Waals surface area contributed by atoms with E-state index in [-0.39, 0.29) is 6.42 Å². The fourth-order valence-electron chi connectivity index (χ4n) is 3.77. The quantitative estimate of drug-likeness (QED) is 0.359. The van der Waals surface area contributed by atoms with Gasteiger partial charge < -0.3 is 14.5 Å². The van der Waals surface area contributed by atoms with Crippen molar-refractivity contribution in [2.75, 3.05) is 7.11 Å². The smallest absolute Gasteiger partial charge is 0.244 e. The first-order valence-corrected chi connectivity index (χ1v) is 12.4. The SMILES string of the molecule is COc1cccc2cc(C(C)NC(=O)C(Cc3ccccc3)NS(=O)(=O)c3ccccc3F)oc12. The Bertz CT molecular complexity index is 1440. The zero-order valence-electron chi connectivity index (χ0n) is 19.2. The molecule has 0 saturated heterocycles. The molecule has 0 bridgehead atoms. The van der Waals surface area contributed by atoms with Gasteiger partial charge in [-0.05, 0) is 43.2 Å². The maximum atomic E-state index is 14.2. The molecule has 35 heavy (non-hydrogen) atoms. The molecule has 0 radical (unpaired) electrons. The van der Waals surface area contributed by atoms with Crippen LogP contribution in [0.15, 0.2) is 88.2 Å². The van der Waals surface area contributed by atoms with E-state index in [0.717, 1.165) is 23.1 Å². The lowest BCUT2D eigenvalue weighted by Gasteiger charge is -2.21. The van der Waals surface area contributed by atoms with Gasteiger partial charge >= 0.3 is 0 Å². The van der Waals surface area contributed by atoms with Gasteiger partial charge in [0.25, 0.3) is 0 Å². The van der Waals surface area contributed by atoms with E-state index in [2.05, 4.69) is 10.0 Å². The van der Waals surface area contributed by atoms with Crippen molar-refractivity contribution in [2.45, 2.75) is 30.3 Å². The molecule has 9 heteroatoms. The van der Waals surface area contributed by atoms with Crippen LogP contribution < -0.4 is 14.8 Å². The second-order valence-electron chi connectivity index (χ2n) is 8.05. The van der Waals surface area contributed by atoms with E-state index in [0.29, 0.717) is 17.1 Å². The molecule has 0 aliphatic heterocycles. The van der Waals surface area contributed by atoms with Gasteiger partial charge in [-0.2, -0.15) is 4.72 Å². The Morgan fingerprint density at radius 3 is 2.46 bits per heavy atom. The maximum Gasteiger partial charge on any atom is 0.244 e. The lowest BCUT2D eigenvalue weighted by atomic mass is 10.1. The van der Waals surface area contributed by atoms with Crippen molar-refractivity contribution < 1.29 is 26.8 Å². The molecule has 4 aromatic rings. The predicted octanol–water partition coefficient (Wildman–Crippen LogP) is 4.35. The highest BCUT2D eigenvalue weighted by Gasteiger charge is 2.29. The summed E-state index contributed by atoms with van der Waals surface area (Å²) >= 11 is 0. The number of nitrogens with one attached hydrogen (secondary N) is 2. The predicted molar refractivity (Wildman–Crippen MR) is 130 cm³/mol. The van der Waals surface area contributed by atoms with Crippen molar-refractivity contribution in [2.24, 2.45) is 0 Å². The average molecular weight is 497 g/mol. The van der Waals surface area contributed by atoms with Crippen LogP contribution >= 0.6 is 0 Å². The van der Waals surface area contributed by atoms with E-state index in [1.54, 1.807) is 43.3 Å². The third kappa shape index (κ3) is 5.52. The summed E-state index contributed by atoms with van der Waals surface area (Å²) in [6.07, 6.45) is 0.0705. The van der Waals surface area contributed by atoms with Crippen LogP contribution in [0.5, 0.6) is 5.75 Å². The zero-order chi connectivity index (χ0) is 25.0. The number of halogens is 1. The largest absolute Gasteiger partial charge is 0.493 e. The number of rotatable bonds is 9. The summed E-state index contributed by atoms with van der Waals surface area (Å²) in [4.78, 5) is 12.7. The molecule has 0 aliphatic rings. The molecular weight excluding hydrogens is 471 g/mol. The normalized spacial score (nSPS) is 13.3. The fraction of sp³-hybridized carbons (Fsp3) is 0.192. The first-order chi connectivity index (χ1) is 16.8. The van der Waals surface area contributed by atoms with E-state index in [9.17, 15) is 17.6 Å². The third-order valence-corrected chi connectivity index (χ3v) is 7.06. The van der Waals surface area contributed by atoms with E-state index in [1.165, 1.54) is 19.2 Å².